The molecule has 0 aromatic heterocycles. The van der Waals surface area contributed by atoms with Crippen LogP contribution in [0.1, 0.15) is 17.3 Å². The number of hydrogen-bond acceptors (Lipinski definition) is 3. The van der Waals surface area contributed by atoms with E-state index < -0.39 is 5.91 Å². The van der Waals surface area contributed by atoms with Crippen molar-refractivity contribution in [2.24, 2.45) is 0 Å². The van der Waals surface area contributed by atoms with Gasteiger partial charge in [-0.05, 0) is 19.1 Å². The van der Waals surface area contributed by atoms with Crippen LogP contribution in [0.4, 0.5) is 0 Å². The van der Waals surface area contributed by atoms with Gasteiger partial charge in [-0.2, -0.15) is 0 Å². The molecule has 1 aromatic rings. The number of aliphatic hydroxyl groups excluding tert-OH is 1. The lowest BCUT2D eigenvalue weighted by Gasteiger charge is -1.94. The van der Waals surface area contributed by atoms with Gasteiger partial charge in [0, 0.05) is 12.2 Å². The molecule has 0 atom stereocenters. The van der Waals surface area contributed by atoms with Gasteiger partial charge >= 0.3 is 0 Å². The quantitative estimate of drug-likeness (QED) is 0.445. The molecule has 0 saturated carbocycles. The second-order valence-electron chi connectivity index (χ2n) is 2.12. The first kappa shape index (κ1) is 11.6. The first-order chi connectivity index (χ1) is 6.26. The molecule has 4 nitrogen and oxygen atoms in total. The zero-order valence-electron chi connectivity index (χ0n) is 7.40. The predicted molar refractivity (Wildman–Crippen MR) is 48.5 cm³/mol. The number of carbonyl (C=O) groups is 1. The van der Waals surface area contributed by atoms with Crippen LogP contribution in [0.3, 0.4) is 0 Å². The second-order valence-corrected chi connectivity index (χ2v) is 2.12. The molecule has 0 aliphatic carbocycles. The molecule has 0 heterocycles. The molecule has 0 aliphatic heterocycles. The Morgan fingerprint density at radius 3 is 2.23 bits per heavy atom. The number of hydroxylamine groups is 1. The first-order valence-corrected chi connectivity index (χ1v) is 3.86. The third-order valence-corrected chi connectivity index (χ3v) is 1.14. The van der Waals surface area contributed by atoms with Gasteiger partial charge in [-0.1, -0.05) is 18.2 Å². The average Bonchev–Trinajstić information content (AvgIpc) is 2.19. The van der Waals surface area contributed by atoms with Crippen molar-refractivity contribution in [3.63, 3.8) is 0 Å². The summed E-state index contributed by atoms with van der Waals surface area (Å²) in [6.07, 6.45) is 0. The van der Waals surface area contributed by atoms with E-state index in [4.69, 9.17) is 10.3 Å². The molecule has 3 N–H and O–H groups in total. The minimum absolute atomic E-state index is 0.250. The van der Waals surface area contributed by atoms with Gasteiger partial charge in [0.1, 0.15) is 0 Å². The number of nitrogens with one attached hydrogen (secondary N) is 1. The Morgan fingerprint density at radius 1 is 1.38 bits per heavy atom. The van der Waals surface area contributed by atoms with E-state index in [1.807, 2.05) is 0 Å². The van der Waals surface area contributed by atoms with Gasteiger partial charge in [-0.3, -0.25) is 10.0 Å². The van der Waals surface area contributed by atoms with E-state index in [1.165, 1.54) is 0 Å². The fourth-order valence-electron chi connectivity index (χ4n) is 0.654. The molecule has 72 valence electrons. The Bertz CT molecular complexity index is 236. The van der Waals surface area contributed by atoms with E-state index in [1.54, 1.807) is 42.7 Å². The lowest BCUT2D eigenvalue weighted by Crippen LogP contribution is -2.18. The number of aliphatic hydroxyl groups is 1. The van der Waals surface area contributed by atoms with Crippen LogP contribution >= 0.6 is 0 Å². The number of amides is 1. The molecule has 0 fully saturated rings. The molecule has 1 aromatic carbocycles. The number of hydrogen-bond donors (Lipinski definition) is 3. The molecule has 0 aliphatic rings. The Labute approximate surface area is 76.8 Å². The van der Waals surface area contributed by atoms with Crippen molar-refractivity contribution >= 4 is 5.91 Å². The van der Waals surface area contributed by atoms with Gasteiger partial charge in [0.05, 0.1) is 0 Å². The Hall–Kier alpha value is -1.39. The van der Waals surface area contributed by atoms with E-state index >= 15 is 0 Å². The molecular formula is C9H13NO3. The standard InChI is InChI=1S/C7H7NO2.C2H6O/c9-7(8-10)6-4-2-1-3-5-6;1-2-3/h1-5,10H,(H,8,9);3H,2H2,1H3. The molecule has 0 unspecified atom stereocenters. The van der Waals surface area contributed by atoms with Gasteiger partial charge in [0.15, 0.2) is 0 Å². The van der Waals surface area contributed by atoms with Crippen LogP contribution in [0, 0.1) is 0 Å². The zero-order valence-corrected chi connectivity index (χ0v) is 7.40. The van der Waals surface area contributed by atoms with Crippen LogP contribution in [0.5, 0.6) is 0 Å². The number of benzene rings is 1. The topological polar surface area (TPSA) is 69.6 Å². The lowest BCUT2D eigenvalue weighted by atomic mass is 10.2. The minimum atomic E-state index is -0.486. The molecule has 1 amide bonds. The Kier molecular flexibility index (Phi) is 6.49. The number of carbonyl (C=O) groups excluding carboxylic acids is 1. The lowest BCUT2D eigenvalue weighted by molar-refractivity contribution is 0.0706. The molecule has 4 heteroatoms. The summed E-state index contributed by atoms with van der Waals surface area (Å²) in [7, 11) is 0. The van der Waals surface area contributed by atoms with Gasteiger partial charge in [0.25, 0.3) is 5.91 Å². The second kappa shape index (κ2) is 7.27. The van der Waals surface area contributed by atoms with Gasteiger partial charge in [-0.15, -0.1) is 0 Å². The van der Waals surface area contributed by atoms with E-state index in [9.17, 15) is 4.79 Å². The monoisotopic (exact) mass is 183 g/mol. The van der Waals surface area contributed by atoms with Gasteiger partial charge in [-0.25, -0.2) is 5.48 Å². The fourth-order valence-corrected chi connectivity index (χ4v) is 0.654. The highest BCUT2D eigenvalue weighted by Gasteiger charge is 1.99. The maximum absolute atomic E-state index is 10.7. The summed E-state index contributed by atoms with van der Waals surface area (Å²) in [5.74, 6) is -0.486. The third-order valence-electron chi connectivity index (χ3n) is 1.14. The Balaban J connectivity index is 0.000000424. The molecule has 0 spiro atoms. The first-order valence-electron chi connectivity index (χ1n) is 3.86. The molecular weight excluding hydrogens is 170 g/mol. The zero-order chi connectivity index (χ0) is 10.1. The summed E-state index contributed by atoms with van der Waals surface area (Å²) in [6, 6.07) is 8.49. The largest absolute Gasteiger partial charge is 0.397 e. The van der Waals surface area contributed by atoms with Crippen LogP contribution in [-0.4, -0.2) is 22.8 Å². The molecule has 0 bridgehead atoms. The predicted octanol–water partition coefficient (Wildman–Crippen LogP) is 0.804. The Morgan fingerprint density at radius 2 is 1.85 bits per heavy atom. The summed E-state index contributed by atoms with van der Waals surface area (Å²) in [4.78, 5) is 10.7. The average molecular weight is 183 g/mol. The minimum Gasteiger partial charge on any atom is -0.397 e. The van der Waals surface area contributed by atoms with Crippen molar-refractivity contribution in [1.82, 2.24) is 5.48 Å². The van der Waals surface area contributed by atoms with Crippen molar-refractivity contribution in [3.8, 4) is 0 Å². The SMILES string of the molecule is CCO.O=C(NO)c1ccccc1. The van der Waals surface area contributed by atoms with Crippen LogP contribution < -0.4 is 5.48 Å². The van der Waals surface area contributed by atoms with Crippen molar-refractivity contribution in [2.45, 2.75) is 6.92 Å². The fraction of sp³-hybridized carbons (Fsp3) is 0.222. The summed E-state index contributed by atoms with van der Waals surface area (Å²) in [6.45, 7) is 1.93. The van der Waals surface area contributed by atoms with Crippen molar-refractivity contribution in [1.29, 1.82) is 0 Å². The van der Waals surface area contributed by atoms with Crippen molar-refractivity contribution < 1.29 is 15.1 Å². The maximum Gasteiger partial charge on any atom is 0.274 e. The van der Waals surface area contributed by atoms with Crippen LogP contribution in [0.25, 0.3) is 0 Å². The maximum atomic E-state index is 10.7. The summed E-state index contributed by atoms with van der Waals surface area (Å²) in [5.41, 5.74) is 1.99. The highest BCUT2D eigenvalue weighted by molar-refractivity contribution is 5.93. The highest BCUT2D eigenvalue weighted by atomic mass is 16.5. The normalized spacial score (nSPS) is 8.23. The molecule has 13 heavy (non-hydrogen) atoms. The summed E-state index contributed by atoms with van der Waals surface area (Å²) < 4.78 is 0. The van der Waals surface area contributed by atoms with Crippen molar-refractivity contribution in [3.05, 3.63) is 35.9 Å². The van der Waals surface area contributed by atoms with Crippen LogP contribution in [0.2, 0.25) is 0 Å². The van der Waals surface area contributed by atoms with E-state index in [0.717, 1.165) is 0 Å². The summed E-state index contributed by atoms with van der Waals surface area (Å²) >= 11 is 0. The molecule has 0 saturated heterocycles. The van der Waals surface area contributed by atoms with Gasteiger partial charge < -0.3 is 5.11 Å². The van der Waals surface area contributed by atoms with E-state index in [0.29, 0.717) is 5.56 Å². The molecule has 1 rings (SSSR count). The van der Waals surface area contributed by atoms with Crippen LogP contribution in [-0.2, 0) is 0 Å². The summed E-state index contributed by atoms with van der Waals surface area (Å²) in [5, 5.41) is 15.8. The number of rotatable bonds is 1. The van der Waals surface area contributed by atoms with Gasteiger partial charge in [0.2, 0.25) is 0 Å². The van der Waals surface area contributed by atoms with E-state index in [-0.39, 0.29) is 6.61 Å². The molecule has 0 radical (unpaired) electrons. The van der Waals surface area contributed by atoms with E-state index in [2.05, 4.69) is 0 Å². The van der Waals surface area contributed by atoms with Crippen LogP contribution in [0.15, 0.2) is 30.3 Å². The van der Waals surface area contributed by atoms with Crippen molar-refractivity contribution in [2.75, 3.05) is 6.61 Å². The third kappa shape index (κ3) is 4.95. The highest BCUT2D eigenvalue weighted by Crippen LogP contribution is 1.96. The smallest absolute Gasteiger partial charge is 0.274 e.